The average molecular weight is 512 g/mol. The van der Waals surface area contributed by atoms with Crippen molar-refractivity contribution in [2.75, 3.05) is 41.3 Å². The molecule has 0 aliphatic carbocycles. The van der Waals surface area contributed by atoms with Crippen LogP contribution in [0.25, 0.3) is 0 Å². The summed E-state index contributed by atoms with van der Waals surface area (Å²) in [6.07, 6.45) is 2.04. The smallest absolute Gasteiger partial charge is 0.251 e. The van der Waals surface area contributed by atoms with Crippen LogP contribution in [0.1, 0.15) is 21.6 Å². The second-order valence-corrected chi connectivity index (χ2v) is 7.13. The fraction of sp³-hybridized carbons (Fsp3) is 0.429. The van der Waals surface area contributed by atoms with Crippen LogP contribution < -0.4 is 10.6 Å². The summed E-state index contributed by atoms with van der Waals surface area (Å²) in [5, 5.41) is 6.32. The maximum absolute atomic E-state index is 12.3. The molecule has 0 atom stereocenters. The maximum atomic E-state index is 12.3. The van der Waals surface area contributed by atoms with Crippen LogP contribution in [0.15, 0.2) is 47.6 Å². The fourth-order valence-corrected chi connectivity index (χ4v) is 2.86. The van der Waals surface area contributed by atoms with E-state index in [4.69, 9.17) is 0 Å². The Morgan fingerprint density at radius 3 is 2.52 bits per heavy atom. The molecule has 2 aromatic rings. The third kappa shape index (κ3) is 8.06. The number of hydrogen-bond donors (Lipinski definition) is 2. The number of nitrogens with zero attached hydrogens (tertiary/aromatic N) is 4. The third-order valence-electron chi connectivity index (χ3n) is 4.51. The van der Waals surface area contributed by atoms with Crippen LogP contribution in [0.3, 0.4) is 0 Å². The lowest BCUT2D eigenvalue weighted by Crippen LogP contribution is -2.38. The summed E-state index contributed by atoms with van der Waals surface area (Å²) < 4.78 is 2.10. The van der Waals surface area contributed by atoms with E-state index < -0.39 is 0 Å². The van der Waals surface area contributed by atoms with Gasteiger partial charge in [0.25, 0.3) is 5.91 Å². The molecule has 1 aromatic carbocycles. The average Bonchev–Trinajstić information content (AvgIpc) is 3.06. The predicted octanol–water partition coefficient (Wildman–Crippen LogP) is 2.14. The number of likely N-dealkylation sites (N-methyl/N-ethyl adjacent to an activating group) is 1. The molecule has 0 aliphatic rings. The van der Waals surface area contributed by atoms with Crippen molar-refractivity contribution in [2.24, 2.45) is 12.0 Å². The molecule has 29 heavy (non-hydrogen) atoms. The van der Waals surface area contributed by atoms with E-state index >= 15 is 0 Å². The second kappa shape index (κ2) is 12.5. The summed E-state index contributed by atoms with van der Waals surface area (Å²) in [6, 6.07) is 11.8. The van der Waals surface area contributed by atoms with E-state index in [0.717, 1.165) is 24.6 Å². The number of aromatic nitrogens is 1. The second-order valence-electron chi connectivity index (χ2n) is 7.13. The van der Waals surface area contributed by atoms with Crippen molar-refractivity contribution in [3.05, 3.63) is 59.4 Å². The van der Waals surface area contributed by atoms with E-state index in [9.17, 15) is 4.79 Å². The predicted molar refractivity (Wildman–Crippen MR) is 130 cm³/mol. The van der Waals surface area contributed by atoms with Gasteiger partial charge in [-0.3, -0.25) is 9.79 Å². The molecular formula is C21H33IN6O. The molecule has 2 N–H and O–H groups in total. The molecule has 0 aliphatic heterocycles. The number of rotatable bonds is 8. The van der Waals surface area contributed by atoms with Crippen LogP contribution in [0.2, 0.25) is 0 Å². The molecule has 0 saturated heterocycles. The van der Waals surface area contributed by atoms with Gasteiger partial charge in [-0.2, -0.15) is 0 Å². The Kier molecular flexibility index (Phi) is 10.7. The van der Waals surface area contributed by atoms with Gasteiger partial charge in [0.2, 0.25) is 0 Å². The first-order chi connectivity index (χ1) is 13.4. The molecule has 1 heterocycles. The molecule has 0 spiro atoms. The third-order valence-corrected chi connectivity index (χ3v) is 4.51. The van der Waals surface area contributed by atoms with Crippen molar-refractivity contribution in [1.29, 1.82) is 0 Å². The molecule has 1 aromatic heterocycles. The highest BCUT2D eigenvalue weighted by molar-refractivity contribution is 14.0. The molecule has 160 valence electrons. The number of carbonyl (C=O) groups is 1. The van der Waals surface area contributed by atoms with Crippen LogP contribution in [-0.2, 0) is 20.1 Å². The van der Waals surface area contributed by atoms with E-state index in [-0.39, 0.29) is 29.9 Å². The Hall–Kier alpha value is -2.07. The van der Waals surface area contributed by atoms with Crippen LogP contribution in [0.5, 0.6) is 0 Å². The molecule has 8 heteroatoms. The Bertz CT molecular complexity index is 802. The molecule has 7 nitrogen and oxygen atoms in total. The number of guanidine groups is 1. The number of aryl methyl sites for hydroxylation is 1. The van der Waals surface area contributed by atoms with Gasteiger partial charge in [0.05, 0.1) is 6.54 Å². The number of carbonyl (C=O) groups excluding carboxylic acids is 1. The van der Waals surface area contributed by atoms with Gasteiger partial charge in [0.1, 0.15) is 0 Å². The molecule has 0 fully saturated rings. The monoisotopic (exact) mass is 512 g/mol. The van der Waals surface area contributed by atoms with Gasteiger partial charge >= 0.3 is 0 Å². The van der Waals surface area contributed by atoms with Crippen molar-refractivity contribution in [1.82, 2.24) is 25.0 Å². The summed E-state index contributed by atoms with van der Waals surface area (Å²) >= 11 is 0. The summed E-state index contributed by atoms with van der Waals surface area (Å²) in [6.45, 7) is 2.81. The normalized spacial score (nSPS) is 11.2. The van der Waals surface area contributed by atoms with Gasteiger partial charge in [-0.05, 0) is 43.9 Å². The van der Waals surface area contributed by atoms with Gasteiger partial charge in [-0.15, -0.1) is 24.0 Å². The van der Waals surface area contributed by atoms with Crippen molar-refractivity contribution in [3.8, 4) is 0 Å². The lowest BCUT2D eigenvalue weighted by molar-refractivity contribution is 0.0951. The zero-order valence-corrected chi connectivity index (χ0v) is 20.3. The largest absolute Gasteiger partial charge is 0.353 e. The molecule has 0 unspecified atom stereocenters. The fourth-order valence-electron chi connectivity index (χ4n) is 2.86. The zero-order valence-electron chi connectivity index (χ0n) is 18.0. The van der Waals surface area contributed by atoms with Crippen LogP contribution >= 0.6 is 24.0 Å². The standard InChI is InChI=1S/C21H32N6O.HI/c1-22-21(27(5)16-19-10-7-12-26(19)4)24-15-17-8-6-9-18(14-17)20(28)23-11-13-25(2)3;/h6-10,12,14H,11,13,15-16H2,1-5H3,(H,22,24)(H,23,28);1H. The van der Waals surface area contributed by atoms with Gasteiger partial charge in [0.15, 0.2) is 5.96 Å². The zero-order chi connectivity index (χ0) is 20.5. The van der Waals surface area contributed by atoms with Gasteiger partial charge in [-0.25, -0.2) is 0 Å². The molecule has 0 saturated carbocycles. The maximum Gasteiger partial charge on any atom is 0.251 e. The van der Waals surface area contributed by atoms with Crippen molar-refractivity contribution >= 4 is 35.8 Å². The number of benzene rings is 1. The van der Waals surface area contributed by atoms with E-state index in [1.807, 2.05) is 69.6 Å². The lowest BCUT2D eigenvalue weighted by Gasteiger charge is -2.22. The summed E-state index contributed by atoms with van der Waals surface area (Å²) in [5.41, 5.74) is 2.92. The van der Waals surface area contributed by atoms with Gasteiger partial charge in [0, 0.05) is 58.2 Å². The first kappa shape index (κ1) is 25.0. The highest BCUT2D eigenvalue weighted by atomic mass is 127. The number of amides is 1. The van der Waals surface area contributed by atoms with Crippen LogP contribution in [0, 0.1) is 0 Å². The Labute approximate surface area is 191 Å². The highest BCUT2D eigenvalue weighted by Crippen LogP contribution is 2.07. The lowest BCUT2D eigenvalue weighted by atomic mass is 10.1. The first-order valence-electron chi connectivity index (χ1n) is 9.44. The highest BCUT2D eigenvalue weighted by Gasteiger charge is 2.10. The van der Waals surface area contributed by atoms with Crippen molar-refractivity contribution in [3.63, 3.8) is 0 Å². The minimum absolute atomic E-state index is 0. The SMILES string of the molecule is CN=C(NCc1cccc(C(=O)NCCN(C)C)c1)N(C)Cc1cccn1C.I. The summed E-state index contributed by atoms with van der Waals surface area (Å²) in [4.78, 5) is 20.8. The van der Waals surface area contributed by atoms with E-state index in [0.29, 0.717) is 18.7 Å². The minimum Gasteiger partial charge on any atom is -0.353 e. The van der Waals surface area contributed by atoms with Crippen molar-refractivity contribution < 1.29 is 4.79 Å². The van der Waals surface area contributed by atoms with E-state index in [2.05, 4.69) is 31.2 Å². The van der Waals surface area contributed by atoms with Crippen LogP contribution in [-0.4, -0.2) is 67.5 Å². The van der Waals surface area contributed by atoms with E-state index in [1.54, 1.807) is 7.05 Å². The number of nitrogens with one attached hydrogen (secondary N) is 2. The quantitative estimate of drug-likeness (QED) is 0.323. The number of halogens is 1. The minimum atomic E-state index is -0.0473. The summed E-state index contributed by atoms with van der Waals surface area (Å²) in [7, 11) is 9.80. The number of hydrogen-bond acceptors (Lipinski definition) is 3. The summed E-state index contributed by atoms with van der Waals surface area (Å²) in [5.74, 6) is 0.760. The molecule has 0 bridgehead atoms. The Morgan fingerprint density at radius 2 is 1.90 bits per heavy atom. The van der Waals surface area contributed by atoms with Crippen molar-refractivity contribution in [2.45, 2.75) is 13.1 Å². The molecule has 2 rings (SSSR count). The Balaban J connectivity index is 0.00000420. The molecular weight excluding hydrogens is 479 g/mol. The molecule has 1 amide bonds. The van der Waals surface area contributed by atoms with Gasteiger partial charge in [-0.1, -0.05) is 12.1 Å². The Morgan fingerprint density at radius 1 is 1.14 bits per heavy atom. The topological polar surface area (TPSA) is 64.9 Å². The first-order valence-corrected chi connectivity index (χ1v) is 9.44. The van der Waals surface area contributed by atoms with Crippen LogP contribution in [0.4, 0.5) is 0 Å². The number of aliphatic imine (C=N–C) groups is 1. The van der Waals surface area contributed by atoms with E-state index in [1.165, 1.54) is 5.69 Å². The van der Waals surface area contributed by atoms with Gasteiger partial charge < -0.3 is 25.0 Å². The molecule has 0 radical (unpaired) electrons.